The lowest BCUT2D eigenvalue weighted by Crippen LogP contribution is -2.26. The molecule has 31 heavy (non-hydrogen) atoms. The topological polar surface area (TPSA) is 78.6 Å². The molecule has 0 N–H and O–H groups in total. The molecule has 1 atom stereocenters. The SMILES string of the molecule is CCCCCOC(=O)CSc1nnc2c3c4c(sc3nc(SC)n12)CO[C@H](C(C)C)C4. The van der Waals surface area contributed by atoms with Crippen molar-refractivity contribution in [2.75, 3.05) is 18.6 Å². The number of thioether (sulfide) groups is 2. The summed E-state index contributed by atoms with van der Waals surface area (Å²) >= 11 is 4.59. The van der Waals surface area contributed by atoms with E-state index in [9.17, 15) is 4.79 Å². The Bertz CT molecular complexity index is 1080. The quantitative estimate of drug-likeness (QED) is 0.184. The molecular weight excluding hydrogens is 452 g/mol. The lowest BCUT2D eigenvalue weighted by Gasteiger charge is -2.26. The Morgan fingerprint density at radius 1 is 1.32 bits per heavy atom. The van der Waals surface area contributed by atoms with Crippen molar-refractivity contribution in [3.8, 4) is 0 Å². The van der Waals surface area contributed by atoms with Gasteiger partial charge in [-0.3, -0.25) is 4.79 Å². The van der Waals surface area contributed by atoms with Crippen LogP contribution in [0.4, 0.5) is 0 Å². The van der Waals surface area contributed by atoms with Crippen LogP contribution in [0.3, 0.4) is 0 Å². The molecule has 4 rings (SSSR count). The first-order valence-electron chi connectivity index (χ1n) is 10.7. The normalized spacial score (nSPS) is 16.4. The Balaban J connectivity index is 1.63. The van der Waals surface area contributed by atoms with E-state index >= 15 is 0 Å². The van der Waals surface area contributed by atoms with Crippen LogP contribution in [0.2, 0.25) is 0 Å². The fraction of sp³-hybridized carbons (Fsp3) is 0.619. The number of aromatic nitrogens is 4. The van der Waals surface area contributed by atoms with Crippen molar-refractivity contribution in [1.29, 1.82) is 0 Å². The molecule has 3 aromatic heterocycles. The summed E-state index contributed by atoms with van der Waals surface area (Å²) in [4.78, 5) is 19.2. The number of thiophene rings is 1. The molecule has 0 radical (unpaired) electrons. The number of carbonyl (C=O) groups excluding carboxylic acids is 1. The van der Waals surface area contributed by atoms with Gasteiger partial charge in [0, 0.05) is 11.3 Å². The fourth-order valence-corrected chi connectivity index (χ4v) is 6.19. The molecule has 1 aliphatic heterocycles. The maximum absolute atomic E-state index is 12.1. The number of carbonyl (C=O) groups is 1. The summed E-state index contributed by atoms with van der Waals surface area (Å²) < 4.78 is 13.4. The number of ether oxygens (including phenoxy) is 2. The molecule has 7 nitrogen and oxygen atoms in total. The summed E-state index contributed by atoms with van der Waals surface area (Å²) in [7, 11) is 0. The summed E-state index contributed by atoms with van der Waals surface area (Å²) in [5.41, 5.74) is 2.10. The molecule has 0 saturated carbocycles. The van der Waals surface area contributed by atoms with Crippen LogP contribution in [0.25, 0.3) is 15.9 Å². The first kappa shape index (κ1) is 22.8. The standard InChI is InChI=1S/C21H28N4O3S3/c1-5-6-7-8-27-16(26)11-30-21-24-23-18-17-13-9-14(12(2)3)28-10-15(13)31-19(17)22-20(29-4)25(18)21/h12,14H,5-11H2,1-4H3/t14-/m0/s1. The van der Waals surface area contributed by atoms with Crippen molar-refractivity contribution in [3.05, 3.63) is 10.4 Å². The summed E-state index contributed by atoms with van der Waals surface area (Å²) in [6, 6.07) is 0. The number of rotatable bonds is 9. The fourth-order valence-electron chi connectivity index (χ4n) is 3.69. The first-order chi connectivity index (χ1) is 15.0. The monoisotopic (exact) mass is 480 g/mol. The van der Waals surface area contributed by atoms with Crippen molar-refractivity contribution < 1.29 is 14.3 Å². The maximum Gasteiger partial charge on any atom is 0.316 e. The zero-order chi connectivity index (χ0) is 22.0. The molecule has 4 heterocycles. The van der Waals surface area contributed by atoms with Crippen LogP contribution in [0.5, 0.6) is 0 Å². The third-order valence-electron chi connectivity index (χ3n) is 5.41. The van der Waals surface area contributed by atoms with E-state index in [1.165, 1.54) is 22.2 Å². The van der Waals surface area contributed by atoms with Gasteiger partial charge in [-0.1, -0.05) is 57.1 Å². The van der Waals surface area contributed by atoms with Gasteiger partial charge in [-0.2, -0.15) is 0 Å². The first-order valence-corrected chi connectivity index (χ1v) is 13.7. The molecule has 168 valence electrons. The molecule has 0 aliphatic carbocycles. The van der Waals surface area contributed by atoms with E-state index < -0.39 is 0 Å². The largest absolute Gasteiger partial charge is 0.465 e. The minimum atomic E-state index is -0.220. The van der Waals surface area contributed by atoms with Gasteiger partial charge in [0.15, 0.2) is 16.0 Å². The molecule has 10 heteroatoms. The Kier molecular flexibility index (Phi) is 7.40. The van der Waals surface area contributed by atoms with Crippen molar-refractivity contribution in [2.24, 2.45) is 5.92 Å². The van der Waals surface area contributed by atoms with Gasteiger partial charge in [0.2, 0.25) is 0 Å². The second-order valence-electron chi connectivity index (χ2n) is 7.94. The minimum absolute atomic E-state index is 0.199. The number of hydrogen-bond donors (Lipinski definition) is 0. The molecule has 0 amide bonds. The van der Waals surface area contributed by atoms with E-state index in [1.54, 1.807) is 23.1 Å². The smallest absolute Gasteiger partial charge is 0.316 e. The highest BCUT2D eigenvalue weighted by Gasteiger charge is 2.29. The van der Waals surface area contributed by atoms with E-state index in [-0.39, 0.29) is 17.8 Å². The van der Waals surface area contributed by atoms with Crippen molar-refractivity contribution in [3.63, 3.8) is 0 Å². The minimum Gasteiger partial charge on any atom is -0.465 e. The highest BCUT2D eigenvalue weighted by Crippen LogP contribution is 2.40. The van der Waals surface area contributed by atoms with Gasteiger partial charge < -0.3 is 9.47 Å². The predicted octanol–water partition coefficient (Wildman–Crippen LogP) is 4.98. The molecule has 1 aliphatic rings. The number of esters is 1. The Morgan fingerprint density at radius 2 is 2.16 bits per heavy atom. The summed E-state index contributed by atoms with van der Waals surface area (Å²) in [5, 5.41) is 11.5. The highest BCUT2D eigenvalue weighted by atomic mass is 32.2. The van der Waals surface area contributed by atoms with Crippen LogP contribution in [-0.4, -0.2) is 50.3 Å². The Morgan fingerprint density at radius 3 is 2.90 bits per heavy atom. The van der Waals surface area contributed by atoms with Gasteiger partial charge in [0.1, 0.15) is 4.83 Å². The van der Waals surface area contributed by atoms with E-state index in [0.717, 1.165) is 46.7 Å². The lowest BCUT2D eigenvalue weighted by atomic mass is 9.96. The molecule has 0 saturated heterocycles. The van der Waals surface area contributed by atoms with Gasteiger partial charge in [-0.15, -0.1) is 21.5 Å². The second kappa shape index (κ2) is 10.1. The zero-order valence-electron chi connectivity index (χ0n) is 18.3. The van der Waals surface area contributed by atoms with Crippen LogP contribution in [0.15, 0.2) is 10.3 Å². The Labute approximate surface area is 194 Å². The molecule has 0 unspecified atom stereocenters. The Hall–Kier alpha value is -1.36. The van der Waals surface area contributed by atoms with Crippen molar-refractivity contribution >= 4 is 56.7 Å². The van der Waals surface area contributed by atoms with E-state index in [1.807, 2.05) is 10.7 Å². The van der Waals surface area contributed by atoms with Crippen LogP contribution in [-0.2, 0) is 27.3 Å². The zero-order valence-corrected chi connectivity index (χ0v) is 20.8. The van der Waals surface area contributed by atoms with E-state index in [2.05, 4.69) is 31.0 Å². The second-order valence-corrected chi connectivity index (χ2v) is 10.7. The molecule has 3 aromatic rings. The highest BCUT2D eigenvalue weighted by molar-refractivity contribution is 8.00. The number of fused-ring (bicyclic) bond motifs is 5. The molecule has 0 spiro atoms. The van der Waals surface area contributed by atoms with Crippen molar-refractivity contribution in [1.82, 2.24) is 19.6 Å². The van der Waals surface area contributed by atoms with Gasteiger partial charge >= 0.3 is 5.97 Å². The van der Waals surface area contributed by atoms with Gasteiger partial charge in [0.05, 0.1) is 30.5 Å². The third-order valence-corrected chi connectivity index (χ3v) is 8.05. The molecule has 0 fully saturated rings. The number of unbranched alkanes of at least 4 members (excludes halogenated alkanes) is 2. The number of hydrogen-bond acceptors (Lipinski definition) is 9. The summed E-state index contributed by atoms with van der Waals surface area (Å²) in [6.45, 7) is 7.61. The van der Waals surface area contributed by atoms with Crippen molar-refractivity contribution in [2.45, 2.75) is 69.5 Å². The molecule has 0 aromatic carbocycles. The van der Waals surface area contributed by atoms with Crippen LogP contribution in [0.1, 0.15) is 50.5 Å². The van der Waals surface area contributed by atoms with E-state index in [0.29, 0.717) is 24.3 Å². The van der Waals surface area contributed by atoms with E-state index in [4.69, 9.17) is 14.5 Å². The van der Waals surface area contributed by atoms with Crippen LogP contribution in [0, 0.1) is 5.92 Å². The average Bonchev–Trinajstić information content (AvgIpc) is 3.35. The van der Waals surface area contributed by atoms with Gasteiger partial charge in [0.25, 0.3) is 0 Å². The van der Waals surface area contributed by atoms with Crippen LogP contribution < -0.4 is 0 Å². The maximum atomic E-state index is 12.1. The van der Waals surface area contributed by atoms with Crippen LogP contribution >= 0.6 is 34.9 Å². The third kappa shape index (κ3) is 4.72. The lowest BCUT2D eigenvalue weighted by molar-refractivity contribution is -0.140. The molecule has 0 bridgehead atoms. The number of nitrogens with zero attached hydrogens (tertiary/aromatic N) is 4. The average molecular weight is 481 g/mol. The predicted molar refractivity (Wildman–Crippen MR) is 126 cm³/mol. The van der Waals surface area contributed by atoms with Gasteiger partial charge in [-0.05, 0) is 24.2 Å². The van der Waals surface area contributed by atoms with Gasteiger partial charge in [-0.25, -0.2) is 9.38 Å². The summed E-state index contributed by atoms with van der Waals surface area (Å²) in [6.07, 6.45) is 6.14. The summed E-state index contributed by atoms with van der Waals surface area (Å²) in [5.74, 6) is 0.441. The molecular formula is C21H28N4O3S3.